The molecule has 1 heterocycles. The molecule has 0 saturated carbocycles. The number of rotatable bonds is 5. The van der Waals surface area contributed by atoms with Gasteiger partial charge in [0.25, 0.3) is 0 Å². The summed E-state index contributed by atoms with van der Waals surface area (Å²) in [5.74, 6) is -0.841. The van der Waals surface area contributed by atoms with Crippen LogP contribution in [0, 0.1) is 0 Å². The Morgan fingerprint density at radius 3 is 3.05 bits per heavy atom. The molecule has 0 bridgehead atoms. The first-order valence-corrected chi connectivity index (χ1v) is 8.08. The Labute approximate surface area is 124 Å². The van der Waals surface area contributed by atoms with Crippen LogP contribution in [0.3, 0.4) is 0 Å². The second-order valence-electron chi connectivity index (χ2n) is 4.52. The Morgan fingerprint density at radius 1 is 1.35 bits per heavy atom. The first-order valence-electron chi connectivity index (χ1n) is 6.27. The largest absolute Gasteiger partial charge is 0.481 e. The van der Waals surface area contributed by atoms with E-state index in [-0.39, 0.29) is 5.75 Å². The summed E-state index contributed by atoms with van der Waals surface area (Å²) in [5, 5.41) is 20.5. The van der Waals surface area contributed by atoms with Crippen molar-refractivity contribution in [3.63, 3.8) is 0 Å². The number of benzene rings is 1. The van der Waals surface area contributed by atoms with E-state index in [1.165, 1.54) is 47.1 Å². The summed E-state index contributed by atoms with van der Waals surface area (Å²) in [6.07, 6.45) is 3.54. The van der Waals surface area contributed by atoms with E-state index in [4.69, 9.17) is 5.11 Å². The summed E-state index contributed by atoms with van der Waals surface area (Å²) >= 11 is 2.55. The number of aromatic nitrogens is 2. The van der Waals surface area contributed by atoms with Crippen LogP contribution in [0.25, 0.3) is 0 Å². The number of carboxylic acid groups (broad SMARTS) is 1. The molecular weight excluding hydrogens is 294 g/mol. The van der Waals surface area contributed by atoms with E-state index >= 15 is 0 Å². The molecule has 5 nitrogen and oxygen atoms in total. The number of aliphatic carboxylic acids is 1. The molecular formula is C13H13N3O2S2. The molecule has 1 aromatic heterocycles. The Bertz CT molecular complexity index is 642. The van der Waals surface area contributed by atoms with Gasteiger partial charge in [-0.05, 0) is 42.5 Å². The lowest BCUT2D eigenvalue weighted by molar-refractivity contribution is -0.133. The smallest absolute Gasteiger partial charge is 0.313 e. The van der Waals surface area contributed by atoms with Gasteiger partial charge in [0.2, 0.25) is 5.13 Å². The number of anilines is 2. The van der Waals surface area contributed by atoms with E-state index in [0.717, 1.165) is 12.1 Å². The van der Waals surface area contributed by atoms with Crippen molar-refractivity contribution in [2.24, 2.45) is 0 Å². The van der Waals surface area contributed by atoms with Gasteiger partial charge in [0.15, 0.2) is 4.34 Å². The number of nitrogens with zero attached hydrogens (tertiary/aromatic N) is 2. The van der Waals surface area contributed by atoms with Gasteiger partial charge in [0, 0.05) is 5.69 Å². The van der Waals surface area contributed by atoms with Crippen LogP contribution in [-0.4, -0.2) is 27.0 Å². The highest BCUT2D eigenvalue weighted by Crippen LogP contribution is 2.30. The zero-order valence-electron chi connectivity index (χ0n) is 10.6. The first kappa shape index (κ1) is 13.4. The molecule has 2 aromatic rings. The first-order chi connectivity index (χ1) is 9.70. The molecule has 0 aliphatic heterocycles. The minimum absolute atomic E-state index is 0.00742. The van der Waals surface area contributed by atoms with Crippen molar-refractivity contribution >= 4 is 39.9 Å². The number of nitrogens with one attached hydrogen (secondary N) is 1. The third-order valence-corrected chi connectivity index (χ3v) is 5.03. The van der Waals surface area contributed by atoms with E-state index in [1.54, 1.807) is 0 Å². The molecule has 0 atom stereocenters. The molecule has 2 N–H and O–H groups in total. The van der Waals surface area contributed by atoms with Gasteiger partial charge in [-0.25, -0.2) is 0 Å². The number of hydrogen-bond donors (Lipinski definition) is 2. The van der Waals surface area contributed by atoms with Crippen LogP contribution in [-0.2, 0) is 17.6 Å². The van der Waals surface area contributed by atoms with Gasteiger partial charge in [-0.15, -0.1) is 10.2 Å². The Balaban J connectivity index is 1.67. The topological polar surface area (TPSA) is 75.1 Å². The fourth-order valence-corrected chi connectivity index (χ4v) is 3.71. The normalized spacial score (nSPS) is 13.2. The minimum Gasteiger partial charge on any atom is -0.481 e. The highest BCUT2D eigenvalue weighted by molar-refractivity contribution is 8.01. The average Bonchev–Trinajstić information content (AvgIpc) is 3.04. The molecule has 0 fully saturated rings. The van der Waals surface area contributed by atoms with Gasteiger partial charge in [-0.2, -0.15) is 0 Å². The van der Waals surface area contributed by atoms with Gasteiger partial charge in [-0.3, -0.25) is 4.79 Å². The maximum absolute atomic E-state index is 10.5. The second kappa shape index (κ2) is 5.80. The van der Waals surface area contributed by atoms with Gasteiger partial charge >= 0.3 is 5.97 Å². The molecule has 104 valence electrons. The van der Waals surface area contributed by atoms with Crippen LogP contribution in [0.4, 0.5) is 10.8 Å². The summed E-state index contributed by atoms with van der Waals surface area (Å²) < 4.78 is 0.663. The molecule has 1 aliphatic carbocycles. The Morgan fingerprint density at radius 2 is 2.20 bits per heavy atom. The summed E-state index contributed by atoms with van der Waals surface area (Å²) in [7, 11) is 0. The summed E-state index contributed by atoms with van der Waals surface area (Å²) in [6, 6.07) is 6.37. The third kappa shape index (κ3) is 3.10. The van der Waals surface area contributed by atoms with E-state index in [2.05, 4.69) is 33.7 Å². The SMILES string of the molecule is O=C(O)CSc1nnc(Nc2ccc3c(c2)CCC3)s1. The summed E-state index contributed by atoms with van der Waals surface area (Å²) in [4.78, 5) is 10.5. The lowest BCUT2D eigenvalue weighted by Gasteiger charge is -2.04. The van der Waals surface area contributed by atoms with Crippen molar-refractivity contribution in [2.75, 3.05) is 11.1 Å². The minimum atomic E-state index is -0.849. The third-order valence-electron chi connectivity index (χ3n) is 3.08. The highest BCUT2D eigenvalue weighted by Gasteiger charge is 2.12. The molecule has 0 unspecified atom stereocenters. The molecule has 1 aromatic carbocycles. The van der Waals surface area contributed by atoms with Crippen molar-refractivity contribution in [1.82, 2.24) is 10.2 Å². The standard InChI is InChI=1S/C13H13N3O2S2/c17-11(18)7-19-13-16-15-12(20-13)14-10-5-4-8-2-1-3-9(8)6-10/h4-6H,1-3,7H2,(H,14,15)(H,17,18). The maximum atomic E-state index is 10.5. The highest BCUT2D eigenvalue weighted by atomic mass is 32.2. The average molecular weight is 307 g/mol. The lowest BCUT2D eigenvalue weighted by Crippen LogP contribution is -1.96. The van der Waals surface area contributed by atoms with Gasteiger partial charge in [0.05, 0.1) is 5.75 Å². The lowest BCUT2D eigenvalue weighted by atomic mass is 10.1. The summed E-state index contributed by atoms with van der Waals surface area (Å²) in [5.41, 5.74) is 3.85. The molecule has 0 amide bonds. The monoisotopic (exact) mass is 307 g/mol. The van der Waals surface area contributed by atoms with Crippen molar-refractivity contribution in [1.29, 1.82) is 0 Å². The predicted molar refractivity (Wildman–Crippen MR) is 80.0 cm³/mol. The Hall–Kier alpha value is -1.60. The molecule has 1 aliphatic rings. The summed E-state index contributed by atoms with van der Waals surface area (Å²) in [6.45, 7) is 0. The zero-order valence-corrected chi connectivity index (χ0v) is 12.3. The number of aryl methyl sites for hydroxylation is 2. The van der Waals surface area contributed by atoms with Crippen LogP contribution >= 0.6 is 23.1 Å². The fourth-order valence-electron chi connectivity index (χ4n) is 2.22. The van der Waals surface area contributed by atoms with Crippen molar-refractivity contribution in [3.8, 4) is 0 Å². The fraction of sp³-hybridized carbons (Fsp3) is 0.308. The van der Waals surface area contributed by atoms with Crippen LogP contribution < -0.4 is 5.32 Å². The van der Waals surface area contributed by atoms with Crippen molar-refractivity contribution in [3.05, 3.63) is 29.3 Å². The van der Waals surface area contributed by atoms with Crippen LogP contribution in [0.15, 0.2) is 22.5 Å². The maximum Gasteiger partial charge on any atom is 0.313 e. The molecule has 7 heteroatoms. The molecule has 0 spiro atoms. The zero-order chi connectivity index (χ0) is 13.9. The molecule has 3 rings (SSSR count). The van der Waals surface area contributed by atoms with Crippen molar-refractivity contribution in [2.45, 2.75) is 23.6 Å². The van der Waals surface area contributed by atoms with Gasteiger partial charge in [-0.1, -0.05) is 29.2 Å². The van der Waals surface area contributed by atoms with Crippen molar-refractivity contribution < 1.29 is 9.90 Å². The number of carboxylic acids is 1. The second-order valence-corrected chi connectivity index (χ2v) is 6.72. The molecule has 0 saturated heterocycles. The number of carbonyl (C=O) groups is 1. The van der Waals surface area contributed by atoms with Crippen LogP contribution in [0.2, 0.25) is 0 Å². The Kier molecular flexibility index (Phi) is 3.88. The number of fused-ring (bicyclic) bond motifs is 1. The van der Waals surface area contributed by atoms with Crippen LogP contribution in [0.5, 0.6) is 0 Å². The van der Waals surface area contributed by atoms with E-state index in [9.17, 15) is 4.79 Å². The van der Waals surface area contributed by atoms with E-state index in [0.29, 0.717) is 9.47 Å². The van der Waals surface area contributed by atoms with Gasteiger partial charge < -0.3 is 10.4 Å². The predicted octanol–water partition coefficient (Wildman–Crippen LogP) is 2.95. The molecule has 20 heavy (non-hydrogen) atoms. The number of thioether (sulfide) groups is 1. The molecule has 0 radical (unpaired) electrons. The number of hydrogen-bond acceptors (Lipinski definition) is 6. The van der Waals surface area contributed by atoms with Gasteiger partial charge in [0.1, 0.15) is 0 Å². The van der Waals surface area contributed by atoms with E-state index < -0.39 is 5.97 Å². The van der Waals surface area contributed by atoms with Crippen LogP contribution in [0.1, 0.15) is 17.5 Å². The quantitative estimate of drug-likeness (QED) is 0.827. The van der Waals surface area contributed by atoms with E-state index in [1.807, 2.05) is 0 Å².